The van der Waals surface area contributed by atoms with E-state index in [-0.39, 0.29) is 0 Å². The molecule has 1 aliphatic heterocycles. The molecule has 4 rings (SSSR count). The van der Waals surface area contributed by atoms with Gasteiger partial charge in [-0.05, 0) is 48.9 Å². The van der Waals surface area contributed by atoms with Crippen molar-refractivity contribution >= 4 is 46.7 Å². The predicted octanol–water partition coefficient (Wildman–Crippen LogP) is 4.29. The van der Waals surface area contributed by atoms with Gasteiger partial charge in [-0.1, -0.05) is 53.0 Å². The number of aliphatic imine (C=N–C) groups is 1. The molecular formula is C33H44Cl3N15O4. The molecule has 3 aromatic rings. The molecule has 0 spiro atoms. The first-order valence-electron chi connectivity index (χ1n) is 16.4. The van der Waals surface area contributed by atoms with E-state index in [2.05, 4.69) is 30.4 Å². The fraction of sp³-hybridized carbons (Fsp3) is 0.394. The van der Waals surface area contributed by atoms with Crippen LogP contribution in [-0.2, 0) is 19.6 Å². The molecule has 1 saturated heterocycles. The Balaban J connectivity index is 0.000000286. The van der Waals surface area contributed by atoms with Crippen LogP contribution in [0.4, 0.5) is 0 Å². The molecule has 0 aliphatic carbocycles. The van der Waals surface area contributed by atoms with Crippen LogP contribution in [0.5, 0.6) is 0 Å². The van der Waals surface area contributed by atoms with Crippen molar-refractivity contribution in [2.45, 2.75) is 26.6 Å². The standard InChI is InChI=1S/C11H15ClN6O2.C11H14ClN5.C11H15ClN4O2/c1-15-7-16(2)11(14-18(19)20)17(8-15)6-9-3-4-10(12)13-5-9;1-16(2)11(15-8-13)17(3)7-9-4-5-10(12)14-6-9;1-3-15(11(13-2)8-16(17)18)7-9-4-5-10(12)14-6-9/h3-5H,6-8H2,1-2H3;4-6H,7H2,1-3H3;4-6,8,13H,3,7H2,1-2H3/b14-11+;;11-8+. The SMILES string of the molecule is CCN(Cc1ccc(Cl)nc1)/C(=C/[N+](=O)[O-])NC.CN(C)C(=NC#N)N(C)Cc1ccc(Cl)nc1.CN1CN(C)/C(=N\[N+](=O)[O-])N(Cc2ccc(Cl)nc2)C1. The van der Waals surface area contributed by atoms with E-state index in [1.165, 1.54) is 0 Å². The molecule has 0 atom stereocenters. The Morgan fingerprint density at radius 3 is 1.87 bits per heavy atom. The summed E-state index contributed by atoms with van der Waals surface area (Å²) in [6, 6.07) is 10.7. The van der Waals surface area contributed by atoms with Crippen LogP contribution in [0.1, 0.15) is 23.6 Å². The largest absolute Gasteiger partial charge is 0.370 e. The van der Waals surface area contributed by atoms with Crippen LogP contribution in [0, 0.1) is 31.7 Å². The van der Waals surface area contributed by atoms with Crippen LogP contribution < -0.4 is 5.32 Å². The van der Waals surface area contributed by atoms with Crippen molar-refractivity contribution in [2.75, 3.05) is 62.2 Å². The minimum absolute atomic E-state index is 0.336. The van der Waals surface area contributed by atoms with E-state index >= 15 is 0 Å². The molecule has 0 bridgehead atoms. The van der Waals surface area contributed by atoms with Crippen molar-refractivity contribution in [2.24, 2.45) is 10.1 Å². The third kappa shape index (κ3) is 16.6. The number of nitriles is 1. The van der Waals surface area contributed by atoms with Gasteiger partial charge in [-0.25, -0.2) is 25.1 Å². The molecule has 1 fully saturated rings. The maximum atomic E-state index is 10.7. The second-order valence-corrected chi connectivity index (χ2v) is 13.1. The van der Waals surface area contributed by atoms with E-state index < -0.39 is 9.96 Å². The number of nitrogens with zero attached hydrogens (tertiary/aromatic N) is 14. The van der Waals surface area contributed by atoms with E-state index in [0.717, 1.165) is 22.9 Å². The smallest absolute Gasteiger partial charge is 0.276 e. The Morgan fingerprint density at radius 1 is 0.927 bits per heavy atom. The number of hydrogen-bond acceptors (Lipinski definition) is 12. The highest BCUT2D eigenvalue weighted by molar-refractivity contribution is 6.29. The van der Waals surface area contributed by atoms with Gasteiger partial charge in [0.1, 0.15) is 20.6 Å². The number of hydrazone groups is 1. The van der Waals surface area contributed by atoms with Crippen LogP contribution in [-0.4, -0.2) is 128 Å². The number of aromatic nitrogens is 3. The molecule has 3 aromatic heterocycles. The summed E-state index contributed by atoms with van der Waals surface area (Å²) in [6.07, 6.45) is 7.76. The topological polar surface area (TPSA) is 205 Å². The summed E-state index contributed by atoms with van der Waals surface area (Å²) in [4.78, 5) is 47.5. The summed E-state index contributed by atoms with van der Waals surface area (Å²) >= 11 is 17.2. The molecule has 0 aromatic carbocycles. The van der Waals surface area contributed by atoms with Gasteiger partial charge in [0.15, 0.2) is 10.9 Å². The highest BCUT2D eigenvalue weighted by atomic mass is 35.5. The Hall–Kier alpha value is -5.55. The van der Waals surface area contributed by atoms with Crippen molar-refractivity contribution in [3.05, 3.63) is 119 Å². The van der Waals surface area contributed by atoms with Gasteiger partial charge in [0.2, 0.25) is 12.2 Å². The fourth-order valence-corrected chi connectivity index (χ4v) is 5.36. The average Bonchev–Trinajstić information content (AvgIpc) is 3.13. The minimum Gasteiger partial charge on any atom is -0.370 e. The Morgan fingerprint density at radius 2 is 1.45 bits per heavy atom. The lowest BCUT2D eigenvalue weighted by molar-refractivity contribution is -0.486. The lowest BCUT2D eigenvalue weighted by atomic mass is 10.2. The quantitative estimate of drug-likeness (QED) is 0.0716. The van der Waals surface area contributed by atoms with Gasteiger partial charge in [-0.3, -0.25) is 15.0 Å². The highest BCUT2D eigenvalue weighted by Crippen LogP contribution is 2.14. The van der Waals surface area contributed by atoms with Gasteiger partial charge >= 0.3 is 0 Å². The van der Waals surface area contributed by atoms with E-state index in [1.807, 2.05) is 72.9 Å². The summed E-state index contributed by atoms with van der Waals surface area (Å²) in [5.41, 5.74) is 2.85. The maximum Gasteiger partial charge on any atom is 0.276 e. The van der Waals surface area contributed by atoms with Gasteiger partial charge in [-0.2, -0.15) is 5.26 Å². The number of pyridine rings is 3. The first kappa shape index (κ1) is 45.6. The molecule has 1 N–H and O–H groups in total. The van der Waals surface area contributed by atoms with Gasteiger partial charge in [-0.15, -0.1) is 4.99 Å². The summed E-state index contributed by atoms with van der Waals surface area (Å²) in [7, 11) is 10.9. The number of hydrogen-bond donors (Lipinski definition) is 1. The van der Waals surface area contributed by atoms with Gasteiger partial charge in [0, 0.05) is 80.0 Å². The van der Waals surface area contributed by atoms with E-state index in [1.54, 1.807) is 66.9 Å². The molecule has 55 heavy (non-hydrogen) atoms. The zero-order valence-corrected chi connectivity index (χ0v) is 33.8. The van der Waals surface area contributed by atoms with Crippen LogP contribution >= 0.6 is 34.8 Å². The molecule has 0 unspecified atom stereocenters. The van der Waals surface area contributed by atoms with Gasteiger partial charge in [0.25, 0.3) is 12.2 Å². The zero-order valence-electron chi connectivity index (χ0n) is 31.5. The lowest BCUT2D eigenvalue weighted by Gasteiger charge is -2.40. The van der Waals surface area contributed by atoms with Crippen molar-refractivity contribution in [1.29, 1.82) is 5.26 Å². The Kier molecular flexibility index (Phi) is 19.3. The third-order valence-corrected chi connectivity index (χ3v) is 7.96. The molecule has 0 radical (unpaired) electrons. The molecule has 0 saturated carbocycles. The monoisotopic (exact) mass is 819 g/mol. The number of rotatable bonds is 11. The normalized spacial score (nSPS) is 13.8. The van der Waals surface area contributed by atoms with Gasteiger partial charge in [0.05, 0.1) is 18.3 Å². The first-order valence-corrected chi connectivity index (χ1v) is 17.5. The summed E-state index contributed by atoms with van der Waals surface area (Å²) in [5.74, 6) is 1.39. The molecule has 22 heteroatoms. The summed E-state index contributed by atoms with van der Waals surface area (Å²) < 4.78 is 0. The van der Waals surface area contributed by atoms with Crippen molar-refractivity contribution in [1.82, 2.24) is 49.7 Å². The fourth-order valence-electron chi connectivity index (χ4n) is 5.03. The molecule has 4 heterocycles. The minimum atomic E-state index is -0.676. The molecule has 296 valence electrons. The van der Waals surface area contributed by atoms with E-state index in [4.69, 9.17) is 40.1 Å². The van der Waals surface area contributed by atoms with Crippen LogP contribution in [0.3, 0.4) is 0 Å². The van der Waals surface area contributed by atoms with Gasteiger partial charge < -0.3 is 29.8 Å². The van der Waals surface area contributed by atoms with Crippen molar-refractivity contribution in [3.63, 3.8) is 0 Å². The van der Waals surface area contributed by atoms with Crippen LogP contribution in [0.25, 0.3) is 0 Å². The summed E-state index contributed by atoms with van der Waals surface area (Å²) in [6.45, 7) is 5.33. The number of nitrogens with one attached hydrogen (secondary N) is 1. The third-order valence-electron chi connectivity index (χ3n) is 7.29. The van der Waals surface area contributed by atoms with Crippen molar-refractivity contribution in [3.8, 4) is 6.19 Å². The number of guanidine groups is 2. The predicted molar refractivity (Wildman–Crippen MR) is 211 cm³/mol. The first-order chi connectivity index (χ1) is 26.1. The highest BCUT2D eigenvalue weighted by Gasteiger charge is 2.27. The Bertz CT molecular complexity index is 1810. The molecule has 19 nitrogen and oxygen atoms in total. The lowest BCUT2D eigenvalue weighted by Crippen LogP contribution is -2.56. The molecule has 1 aliphatic rings. The molecular weight excluding hydrogens is 777 g/mol. The summed E-state index contributed by atoms with van der Waals surface area (Å²) in [5, 5.41) is 36.7. The number of nitro groups is 2. The zero-order chi connectivity index (χ0) is 41.1. The maximum absolute atomic E-state index is 10.7. The van der Waals surface area contributed by atoms with Crippen LogP contribution in [0.2, 0.25) is 15.5 Å². The second kappa shape index (κ2) is 23.3. The molecule has 0 amide bonds. The Labute approximate surface area is 335 Å². The van der Waals surface area contributed by atoms with Crippen molar-refractivity contribution < 1.29 is 9.96 Å². The van der Waals surface area contributed by atoms with E-state index in [9.17, 15) is 20.2 Å². The van der Waals surface area contributed by atoms with E-state index in [0.29, 0.717) is 72.7 Å². The second-order valence-electron chi connectivity index (χ2n) is 12.0. The number of halogens is 3. The van der Waals surface area contributed by atoms with Crippen LogP contribution in [0.15, 0.2) is 77.1 Å². The average molecular weight is 821 g/mol.